The number of carbonyl (C=O) groups is 2. The van der Waals surface area contributed by atoms with E-state index in [9.17, 15) is 22.4 Å². The molecule has 1 aliphatic carbocycles. The van der Waals surface area contributed by atoms with E-state index in [1.165, 1.54) is 30.1 Å². The van der Waals surface area contributed by atoms with Crippen molar-refractivity contribution in [2.24, 2.45) is 0 Å². The molecule has 2 amide bonds. The van der Waals surface area contributed by atoms with Gasteiger partial charge in [0.05, 0.1) is 11.4 Å². The molecule has 7 nitrogen and oxygen atoms in total. The average Bonchev–Trinajstić information content (AvgIpc) is 2.94. The Morgan fingerprint density at radius 3 is 2.31 bits per heavy atom. The Morgan fingerprint density at radius 1 is 0.974 bits per heavy atom. The highest BCUT2D eigenvalue weighted by Crippen LogP contribution is 2.23. The number of hydrogen-bond acceptors (Lipinski definition) is 4. The second kappa shape index (κ2) is 12.7. The Bertz CT molecular complexity index is 1410. The van der Waals surface area contributed by atoms with Gasteiger partial charge in [0.2, 0.25) is 21.8 Å². The second-order valence-electron chi connectivity index (χ2n) is 10.2. The van der Waals surface area contributed by atoms with Crippen molar-refractivity contribution in [1.82, 2.24) is 14.5 Å². The zero-order valence-electron chi connectivity index (χ0n) is 22.5. The molecule has 0 radical (unpaired) electrons. The summed E-state index contributed by atoms with van der Waals surface area (Å²) in [5.41, 5.74) is 0.647. The van der Waals surface area contributed by atoms with E-state index >= 15 is 0 Å². The van der Waals surface area contributed by atoms with Crippen LogP contribution in [0.4, 0.5) is 4.39 Å². The van der Waals surface area contributed by atoms with Crippen molar-refractivity contribution in [1.29, 1.82) is 0 Å². The minimum atomic E-state index is -3.98. The van der Waals surface area contributed by atoms with Gasteiger partial charge in [0.15, 0.2) is 0 Å². The van der Waals surface area contributed by atoms with Crippen LogP contribution >= 0.6 is 0 Å². The molecule has 208 valence electrons. The maximum Gasteiger partial charge on any atom is 0.243 e. The van der Waals surface area contributed by atoms with Crippen LogP contribution in [0.3, 0.4) is 0 Å². The summed E-state index contributed by atoms with van der Waals surface area (Å²) in [5, 5.41) is 4.79. The number of likely N-dealkylation sites (N-methyl/N-ethyl adjacent to an activating group) is 1. The van der Waals surface area contributed by atoms with E-state index in [0.29, 0.717) is 12.0 Å². The lowest BCUT2D eigenvalue weighted by Gasteiger charge is -2.33. The molecule has 0 heterocycles. The first kappa shape index (κ1) is 28.7. The largest absolute Gasteiger partial charge is 0.352 e. The quantitative estimate of drug-likeness (QED) is 0.389. The lowest BCUT2D eigenvalue weighted by molar-refractivity contribution is -0.141. The van der Waals surface area contributed by atoms with Crippen LogP contribution in [-0.4, -0.2) is 55.1 Å². The normalized spacial score (nSPS) is 15.3. The minimum absolute atomic E-state index is 0.0551. The highest BCUT2D eigenvalue weighted by Gasteiger charge is 2.33. The summed E-state index contributed by atoms with van der Waals surface area (Å²) in [7, 11) is -2.61. The number of carbonyl (C=O) groups excluding carboxylic acids is 2. The molecule has 9 heteroatoms. The number of sulfonamides is 1. The summed E-state index contributed by atoms with van der Waals surface area (Å²) in [4.78, 5) is 28.5. The predicted molar refractivity (Wildman–Crippen MR) is 150 cm³/mol. The van der Waals surface area contributed by atoms with Crippen LogP contribution in [-0.2, 0) is 26.2 Å². The summed E-state index contributed by atoms with van der Waals surface area (Å²) in [5.74, 6) is -1.16. The number of amides is 2. The topological polar surface area (TPSA) is 86.8 Å². The van der Waals surface area contributed by atoms with E-state index in [0.717, 1.165) is 47.2 Å². The van der Waals surface area contributed by atoms with Crippen molar-refractivity contribution in [2.45, 2.75) is 69.0 Å². The number of fused-ring (bicyclic) bond motifs is 1. The number of benzene rings is 3. The maximum absolute atomic E-state index is 13.7. The Kier molecular flexibility index (Phi) is 9.35. The highest BCUT2D eigenvalue weighted by molar-refractivity contribution is 7.89. The first-order chi connectivity index (χ1) is 18.7. The standard InChI is InChI=1S/C30H36FN3O4S/c1-3-28(30(36)32-26-11-5-4-6-12-26)34(20-22-13-16-25(31)17-14-22)29(35)21-33(2)39(37,38)27-18-15-23-9-7-8-10-24(23)19-27/h7-10,13-19,26,28H,3-6,11-12,20-21H2,1-2H3,(H,32,36). The van der Waals surface area contributed by atoms with Gasteiger partial charge in [-0.1, -0.05) is 68.7 Å². The Hall–Kier alpha value is -3.30. The van der Waals surface area contributed by atoms with E-state index in [-0.39, 0.29) is 23.4 Å². The summed E-state index contributed by atoms with van der Waals surface area (Å²) < 4.78 is 41.4. The van der Waals surface area contributed by atoms with Gasteiger partial charge in [-0.3, -0.25) is 9.59 Å². The zero-order valence-corrected chi connectivity index (χ0v) is 23.3. The van der Waals surface area contributed by atoms with Gasteiger partial charge in [0.25, 0.3) is 0 Å². The Balaban J connectivity index is 1.56. The number of rotatable bonds is 10. The molecule has 1 atom stereocenters. The van der Waals surface area contributed by atoms with Gasteiger partial charge in [-0.2, -0.15) is 4.31 Å². The van der Waals surface area contributed by atoms with Crippen molar-refractivity contribution >= 4 is 32.6 Å². The first-order valence-corrected chi connectivity index (χ1v) is 14.9. The molecule has 39 heavy (non-hydrogen) atoms. The average molecular weight is 554 g/mol. The molecule has 1 aliphatic rings. The molecule has 0 aliphatic heterocycles. The fraction of sp³-hybridized carbons (Fsp3) is 0.400. The molecule has 0 saturated heterocycles. The lowest BCUT2D eigenvalue weighted by Crippen LogP contribution is -2.53. The molecule has 1 fully saturated rings. The minimum Gasteiger partial charge on any atom is -0.352 e. The number of nitrogens with one attached hydrogen (secondary N) is 1. The van der Waals surface area contributed by atoms with E-state index in [1.54, 1.807) is 24.3 Å². The smallest absolute Gasteiger partial charge is 0.243 e. The van der Waals surface area contributed by atoms with E-state index < -0.39 is 34.3 Å². The summed E-state index contributed by atoms with van der Waals surface area (Å²) in [6, 6.07) is 17.3. The van der Waals surface area contributed by atoms with E-state index in [1.807, 2.05) is 31.2 Å². The van der Waals surface area contributed by atoms with Crippen LogP contribution in [0.15, 0.2) is 71.6 Å². The Labute approximate surface area is 230 Å². The molecule has 1 N–H and O–H groups in total. The van der Waals surface area contributed by atoms with Gasteiger partial charge >= 0.3 is 0 Å². The molecule has 1 saturated carbocycles. The van der Waals surface area contributed by atoms with Gasteiger partial charge in [-0.25, -0.2) is 12.8 Å². The predicted octanol–water partition coefficient (Wildman–Crippen LogP) is 4.86. The third-order valence-electron chi connectivity index (χ3n) is 7.39. The molecule has 4 rings (SSSR count). The van der Waals surface area contributed by atoms with Crippen LogP contribution in [0.2, 0.25) is 0 Å². The first-order valence-electron chi connectivity index (χ1n) is 13.5. The van der Waals surface area contributed by atoms with Gasteiger partial charge in [0.1, 0.15) is 11.9 Å². The highest BCUT2D eigenvalue weighted by atomic mass is 32.2. The number of hydrogen-bond donors (Lipinski definition) is 1. The number of halogens is 1. The van der Waals surface area contributed by atoms with Crippen LogP contribution in [0.1, 0.15) is 51.0 Å². The fourth-order valence-corrected chi connectivity index (χ4v) is 6.28. The molecular weight excluding hydrogens is 517 g/mol. The SMILES string of the molecule is CCC(C(=O)NC1CCCCC1)N(Cc1ccc(F)cc1)C(=O)CN(C)S(=O)(=O)c1ccc2ccccc2c1. The number of nitrogens with zero attached hydrogens (tertiary/aromatic N) is 2. The molecular formula is C30H36FN3O4S. The molecule has 0 bridgehead atoms. The molecule has 0 aromatic heterocycles. The summed E-state index contributed by atoms with van der Waals surface area (Å²) >= 11 is 0. The van der Waals surface area contributed by atoms with Crippen molar-refractivity contribution in [3.63, 3.8) is 0 Å². The van der Waals surface area contributed by atoms with Crippen molar-refractivity contribution in [3.05, 3.63) is 78.1 Å². The second-order valence-corrected chi connectivity index (χ2v) is 12.2. The van der Waals surface area contributed by atoms with Crippen LogP contribution in [0, 0.1) is 5.82 Å². The van der Waals surface area contributed by atoms with Crippen molar-refractivity contribution in [3.8, 4) is 0 Å². The summed E-state index contributed by atoms with van der Waals surface area (Å²) in [6.45, 7) is 1.44. The summed E-state index contributed by atoms with van der Waals surface area (Å²) in [6.07, 6.45) is 5.42. The van der Waals surface area contributed by atoms with Gasteiger partial charge in [-0.05, 0) is 59.9 Å². The monoisotopic (exact) mass is 553 g/mol. The van der Waals surface area contributed by atoms with E-state index in [2.05, 4.69) is 5.32 Å². The van der Waals surface area contributed by atoms with Gasteiger partial charge < -0.3 is 10.2 Å². The fourth-order valence-electron chi connectivity index (χ4n) is 5.12. The third-order valence-corrected chi connectivity index (χ3v) is 9.19. The van der Waals surface area contributed by atoms with Crippen LogP contribution < -0.4 is 5.32 Å². The van der Waals surface area contributed by atoms with Crippen molar-refractivity contribution in [2.75, 3.05) is 13.6 Å². The van der Waals surface area contributed by atoms with Crippen LogP contribution in [0.5, 0.6) is 0 Å². The zero-order chi connectivity index (χ0) is 28.0. The van der Waals surface area contributed by atoms with E-state index in [4.69, 9.17) is 0 Å². The third kappa shape index (κ3) is 7.02. The van der Waals surface area contributed by atoms with Gasteiger partial charge in [0, 0.05) is 19.6 Å². The molecule has 3 aromatic carbocycles. The van der Waals surface area contributed by atoms with Gasteiger partial charge in [-0.15, -0.1) is 0 Å². The van der Waals surface area contributed by atoms with Crippen molar-refractivity contribution < 1.29 is 22.4 Å². The lowest BCUT2D eigenvalue weighted by atomic mass is 9.95. The molecule has 0 spiro atoms. The molecule has 1 unspecified atom stereocenters. The van der Waals surface area contributed by atoms with Crippen LogP contribution in [0.25, 0.3) is 10.8 Å². The maximum atomic E-state index is 13.7. The molecule has 3 aromatic rings. The Morgan fingerprint density at radius 2 is 1.64 bits per heavy atom.